The molecule has 0 amide bonds. The van der Waals surface area contributed by atoms with E-state index in [9.17, 15) is 9.18 Å². The molecule has 0 bridgehead atoms. The number of ether oxygens (including phenoxy) is 2. The number of guanidine groups is 1. The summed E-state index contributed by atoms with van der Waals surface area (Å²) in [6, 6.07) is 16.5. The summed E-state index contributed by atoms with van der Waals surface area (Å²) < 4.78 is 39.3. The Morgan fingerprint density at radius 2 is 1.68 bits per heavy atom. The minimum Gasteiger partial charge on any atom is -0.495 e. The van der Waals surface area contributed by atoms with Crippen LogP contribution in [0, 0.1) is 18.6 Å². The topological polar surface area (TPSA) is 57.6 Å². The first-order valence-corrected chi connectivity index (χ1v) is 12.5. The van der Waals surface area contributed by atoms with Crippen LogP contribution in [0.1, 0.15) is 23.6 Å². The Morgan fingerprint density at radius 3 is 2.37 bits per heavy atom. The lowest BCUT2D eigenvalue weighted by Gasteiger charge is -2.45. The zero-order valence-electron chi connectivity index (χ0n) is 21.7. The maximum atomic E-state index is 15.1. The third-order valence-corrected chi connectivity index (χ3v) is 7.05. The number of carbonyl (C=O) groups is 1. The minimum atomic E-state index is -0.563. The van der Waals surface area contributed by atoms with Gasteiger partial charge in [0.2, 0.25) is 5.96 Å². The van der Waals surface area contributed by atoms with E-state index in [1.165, 1.54) is 25.3 Å². The molecule has 0 spiro atoms. The fourth-order valence-corrected chi connectivity index (χ4v) is 5.10. The van der Waals surface area contributed by atoms with Crippen LogP contribution in [0.25, 0.3) is 0 Å². The fourth-order valence-electron chi connectivity index (χ4n) is 5.10. The molecule has 9 heteroatoms. The second-order valence-corrected chi connectivity index (χ2v) is 9.38. The molecule has 2 aliphatic rings. The molecular formula is C29H30F2N4O3. The van der Waals surface area contributed by atoms with Gasteiger partial charge in [-0.1, -0.05) is 18.2 Å². The highest BCUT2D eigenvalue weighted by molar-refractivity contribution is 6.02. The summed E-state index contributed by atoms with van der Waals surface area (Å²) in [5, 5.41) is 0. The molecule has 5 rings (SSSR count). The predicted molar refractivity (Wildman–Crippen MR) is 143 cm³/mol. The molecule has 3 aromatic carbocycles. The van der Waals surface area contributed by atoms with Crippen LogP contribution in [0.2, 0.25) is 0 Å². The molecule has 38 heavy (non-hydrogen) atoms. The molecular weight excluding hydrogens is 490 g/mol. The monoisotopic (exact) mass is 520 g/mol. The zero-order valence-corrected chi connectivity index (χ0v) is 21.7. The Balaban J connectivity index is 1.58. The molecule has 0 N–H and O–H groups in total. The van der Waals surface area contributed by atoms with Crippen molar-refractivity contribution in [2.75, 3.05) is 50.2 Å². The van der Waals surface area contributed by atoms with E-state index in [2.05, 4.69) is 9.80 Å². The van der Waals surface area contributed by atoms with Crippen LogP contribution in [-0.2, 0) is 9.53 Å². The summed E-state index contributed by atoms with van der Waals surface area (Å²) >= 11 is 0. The molecule has 0 saturated carbocycles. The van der Waals surface area contributed by atoms with E-state index in [4.69, 9.17) is 14.5 Å². The third-order valence-electron chi connectivity index (χ3n) is 7.05. The van der Waals surface area contributed by atoms with Crippen LogP contribution in [0.15, 0.2) is 65.7 Å². The largest absolute Gasteiger partial charge is 0.495 e. The van der Waals surface area contributed by atoms with Crippen molar-refractivity contribution in [2.24, 2.45) is 4.99 Å². The number of benzene rings is 3. The maximum absolute atomic E-state index is 15.1. The van der Waals surface area contributed by atoms with Gasteiger partial charge < -0.3 is 24.2 Å². The number of halogens is 2. The van der Waals surface area contributed by atoms with E-state index in [-0.39, 0.29) is 17.9 Å². The SMILES string of the molecule is COC(=O)CC1c2cccc(F)c2N=C(N2CCN(c3ccc(F)cc3)CC2)N1c1cc(C)ccc1OC. The van der Waals surface area contributed by atoms with Gasteiger partial charge in [-0.15, -0.1) is 0 Å². The van der Waals surface area contributed by atoms with Gasteiger partial charge in [0.25, 0.3) is 0 Å². The number of methoxy groups -OCH3 is 2. The van der Waals surface area contributed by atoms with E-state index in [1.807, 2.05) is 30.0 Å². The van der Waals surface area contributed by atoms with Gasteiger partial charge in [-0.3, -0.25) is 4.79 Å². The van der Waals surface area contributed by atoms with Crippen LogP contribution in [0.4, 0.5) is 25.8 Å². The Morgan fingerprint density at radius 1 is 0.974 bits per heavy atom. The van der Waals surface area contributed by atoms with Gasteiger partial charge in [0.1, 0.15) is 23.1 Å². The van der Waals surface area contributed by atoms with Crippen molar-refractivity contribution in [1.82, 2.24) is 4.90 Å². The number of aliphatic imine (C=N–C) groups is 1. The van der Waals surface area contributed by atoms with Crippen LogP contribution in [-0.4, -0.2) is 57.2 Å². The summed E-state index contributed by atoms with van der Waals surface area (Å²) in [4.78, 5) is 23.7. The Labute approximate surface area is 220 Å². The average Bonchev–Trinajstić information content (AvgIpc) is 2.93. The predicted octanol–water partition coefficient (Wildman–Crippen LogP) is 5.22. The van der Waals surface area contributed by atoms with Gasteiger partial charge in [-0.2, -0.15) is 0 Å². The number of rotatable bonds is 5. The molecule has 0 aromatic heterocycles. The van der Waals surface area contributed by atoms with Crippen LogP contribution < -0.4 is 14.5 Å². The van der Waals surface area contributed by atoms with Gasteiger partial charge in [-0.05, 0) is 55.0 Å². The number of hydrogen-bond donors (Lipinski definition) is 0. The number of esters is 1. The van der Waals surface area contributed by atoms with Crippen molar-refractivity contribution < 1.29 is 23.0 Å². The van der Waals surface area contributed by atoms with Crippen molar-refractivity contribution >= 4 is 29.0 Å². The summed E-state index contributed by atoms with van der Waals surface area (Å²) in [6.07, 6.45) is -0.00138. The van der Waals surface area contributed by atoms with Crippen molar-refractivity contribution in [1.29, 1.82) is 0 Å². The normalized spacial score (nSPS) is 17.1. The van der Waals surface area contributed by atoms with Crippen LogP contribution in [0.3, 0.4) is 0 Å². The quantitative estimate of drug-likeness (QED) is 0.430. The van der Waals surface area contributed by atoms with E-state index in [0.717, 1.165) is 16.9 Å². The number of fused-ring (bicyclic) bond motifs is 1. The van der Waals surface area contributed by atoms with Crippen molar-refractivity contribution in [3.05, 3.63) is 83.4 Å². The van der Waals surface area contributed by atoms with E-state index in [1.54, 1.807) is 31.4 Å². The lowest BCUT2D eigenvalue weighted by atomic mass is 9.96. The second-order valence-electron chi connectivity index (χ2n) is 9.38. The lowest BCUT2D eigenvalue weighted by Crippen LogP contribution is -2.55. The molecule has 7 nitrogen and oxygen atoms in total. The van der Waals surface area contributed by atoms with Gasteiger partial charge >= 0.3 is 5.97 Å². The molecule has 1 fully saturated rings. The van der Waals surface area contributed by atoms with Crippen LogP contribution in [0.5, 0.6) is 5.75 Å². The number of nitrogens with zero attached hydrogens (tertiary/aromatic N) is 4. The Hall–Kier alpha value is -4.14. The van der Waals surface area contributed by atoms with E-state index >= 15 is 4.39 Å². The summed E-state index contributed by atoms with van der Waals surface area (Å²) in [5.41, 5.74) is 3.50. The highest BCUT2D eigenvalue weighted by Gasteiger charge is 2.38. The van der Waals surface area contributed by atoms with Crippen molar-refractivity contribution in [3.63, 3.8) is 0 Å². The number of hydrogen-bond acceptors (Lipinski definition) is 7. The lowest BCUT2D eigenvalue weighted by molar-refractivity contribution is -0.141. The minimum absolute atomic E-state index is 0.00138. The number of carbonyl (C=O) groups excluding carboxylic acids is 1. The van der Waals surface area contributed by atoms with E-state index in [0.29, 0.717) is 43.5 Å². The average molecular weight is 521 g/mol. The highest BCUT2D eigenvalue weighted by atomic mass is 19.1. The summed E-state index contributed by atoms with van der Waals surface area (Å²) in [6.45, 7) is 4.49. The molecule has 1 saturated heterocycles. The fraction of sp³-hybridized carbons (Fsp3) is 0.310. The maximum Gasteiger partial charge on any atom is 0.307 e. The Kier molecular flexibility index (Phi) is 7.18. The van der Waals surface area contributed by atoms with E-state index < -0.39 is 17.8 Å². The molecule has 1 atom stereocenters. The van der Waals surface area contributed by atoms with Crippen LogP contribution >= 0.6 is 0 Å². The molecule has 2 aliphatic heterocycles. The first-order valence-electron chi connectivity index (χ1n) is 12.5. The first-order chi connectivity index (χ1) is 18.4. The van der Waals surface area contributed by atoms with Gasteiger partial charge in [0.15, 0.2) is 0 Å². The highest BCUT2D eigenvalue weighted by Crippen LogP contribution is 2.44. The second kappa shape index (κ2) is 10.7. The number of piperazine rings is 1. The van der Waals surface area contributed by atoms with Crippen molar-refractivity contribution in [2.45, 2.75) is 19.4 Å². The molecule has 3 aromatic rings. The standard InChI is InChI=1S/C29H30F2N4O3/c1-19-7-12-26(37-2)25(17-19)35-24(18-27(36)38-3)22-5-4-6-23(31)28(22)32-29(35)34-15-13-33(14-16-34)21-10-8-20(30)9-11-21/h4-12,17,24H,13-16,18H2,1-3H3. The smallest absolute Gasteiger partial charge is 0.307 e. The molecule has 1 unspecified atom stereocenters. The molecule has 2 heterocycles. The first kappa shape index (κ1) is 25.5. The molecule has 0 aliphatic carbocycles. The van der Waals surface area contributed by atoms with Gasteiger partial charge in [0, 0.05) is 37.4 Å². The summed E-state index contributed by atoms with van der Waals surface area (Å²) in [7, 11) is 2.94. The summed E-state index contributed by atoms with van der Waals surface area (Å²) in [5.74, 6) is 0.0195. The molecule has 198 valence electrons. The third kappa shape index (κ3) is 4.88. The number of para-hydroxylation sites is 1. The van der Waals surface area contributed by atoms with Crippen molar-refractivity contribution in [3.8, 4) is 5.75 Å². The molecule has 0 radical (unpaired) electrons. The van der Waals surface area contributed by atoms with Gasteiger partial charge in [0.05, 0.1) is 32.4 Å². The van der Waals surface area contributed by atoms with Gasteiger partial charge in [-0.25, -0.2) is 13.8 Å². The number of aryl methyl sites for hydroxylation is 1. The Bertz CT molecular complexity index is 1350. The number of anilines is 2. The zero-order chi connectivity index (χ0) is 26.8.